The van der Waals surface area contributed by atoms with Gasteiger partial charge >= 0.3 is 17.7 Å². The van der Waals surface area contributed by atoms with Crippen LogP contribution < -0.4 is 0 Å². The van der Waals surface area contributed by atoms with Crippen molar-refractivity contribution in [2.24, 2.45) is 0 Å². The van der Waals surface area contributed by atoms with Crippen molar-refractivity contribution in [3.8, 4) is 0 Å². The zero-order valence-corrected chi connectivity index (χ0v) is 7.61. The van der Waals surface area contributed by atoms with Gasteiger partial charge in [-0.3, -0.25) is 4.79 Å². The van der Waals surface area contributed by atoms with Crippen LogP contribution >= 0.6 is 0 Å². The number of ketones is 1. The number of imide groups is 1. The highest BCUT2D eigenvalue weighted by Gasteiger charge is 2.40. The van der Waals surface area contributed by atoms with Gasteiger partial charge in [0.25, 0.3) is 0 Å². The summed E-state index contributed by atoms with van der Waals surface area (Å²) < 4.78 is 1.23. The van der Waals surface area contributed by atoms with Crippen LogP contribution in [0.15, 0.2) is 0 Å². The molecule has 1 rings (SSSR count). The lowest BCUT2D eigenvalue weighted by molar-refractivity contribution is -0.427. The summed E-state index contributed by atoms with van der Waals surface area (Å²) in [5.41, 5.74) is 0. The first kappa shape index (κ1) is 9.57. The molecule has 0 bridgehead atoms. The van der Waals surface area contributed by atoms with Crippen LogP contribution in [0.3, 0.4) is 0 Å². The Balaban J connectivity index is 3.07. The van der Waals surface area contributed by atoms with E-state index in [9.17, 15) is 14.4 Å². The Morgan fingerprint density at radius 2 is 1.92 bits per heavy atom. The smallest absolute Gasteiger partial charge is 0.277 e. The standard InChI is InChI=1S/C8H11N2O3/c1-3-9-5-6(11)7(12)10(4-2)8(9)13/h5H,3-4H2,1-2H3/q+1. The van der Waals surface area contributed by atoms with Gasteiger partial charge in [0.1, 0.15) is 6.21 Å². The Kier molecular flexibility index (Phi) is 2.55. The molecule has 70 valence electrons. The zero-order valence-electron chi connectivity index (χ0n) is 7.61. The van der Waals surface area contributed by atoms with Crippen LogP contribution in [0.4, 0.5) is 4.79 Å². The van der Waals surface area contributed by atoms with Crippen molar-refractivity contribution in [3.63, 3.8) is 0 Å². The molecule has 1 aliphatic rings. The number of hydrogen-bond acceptors (Lipinski definition) is 3. The molecule has 0 radical (unpaired) electrons. The van der Waals surface area contributed by atoms with Crippen LogP contribution in [0.1, 0.15) is 13.8 Å². The summed E-state index contributed by atoms with van der Waals surface area (Å²) in [6.45, 7) is 4.02. The third-order valence-corrected chi connectivity index (χ3v) is 1.86. The first-order chi connectivity index (χ1) is 6.11. The van der Waals surface area contributed by atoms with Crippen molar-refractivity contribution in [3.05, 3.63) is 0 Å². The fourth-order valence-electron chi connectivity index (χ4n) is 1.13. The molecule has 0 N–H and O–H groups in total. The fraction of sp³-hybridized carbons (Fsp3) is 0.500. The van der Waals surface area contributed by atoms with Crippen molar-refractivity contribution < 1.29 is 19.0 Å². The topological polar surface area (TPSA) is 57.5 Å². The molecular formula is C8H11N2O3+. The van der Waals surface area contributed by atoms with E-state index in [0.29, 0.717) is 6.54 Å². The molecule has 0 aromatic rings. The number of carbonyl (C=O) groups excluding carboxylic acids is 3. The van der Waals surface area contributed by atoms with Crippen LogP contribution in [0.2, 0.25) is 0 Å². The fourth-order valence-corrected chi connectivity index (χ4v) is 1.13. The number of nitrogens with zero attached hydrogens (tertiary/aromatic N) is 2. The van der Waals surface area contributed by atoms with Crippen molar-refractivity contribution in [2.75, 3.05) is 13.1 Å². The monoisotopic (exact) mass is 183 g/mol. The number of carbonyl (C=O) groups is 3. The van der Waals surface area contributed by atoms with E-state index >= 15 is 0 Å². The molecule has 0 fully saturated rings. The first-order valence-electron chi connectivity index (χ1n) is 4.13. The second-order valence-electron chi connectivity index (χ2n) is 2.61. The number of amides is 3. The molecule has 0 saturated carbocycles. The summed E-state index contributed by atoms with van der Waals surface area (Å²) >= 11 is 0. The van der Waals surface area contributed by atoms with E-state index in [1.54, 1.807) is 13.8 Å². The summed E-state index contributed by atoms with van der Waals surface area (Å²) in [5.74, 6) is -1.37. The van der Waals surface area contributed by atoms with E-state index in [4.69, 9.17) is 0 Å². The molecule has 0 aromatic heterocycles. The maximum atomic E-state index is 11.4. The predicted molar refractivity (Wildman–Crippen MR) is 44.7 cm³/mol. The average Bonchev–Trinajstić information content (AvgIpc) is 2.12. The molecular weight excluding hydrogens is 172 g/mol. The van der Waals surface area contributed by atoms with Gasteiger partial charge in [-0.25, -0.2) is 4.79 Å². The molecule has 5 heteroatoms. The number of hydrogen-bond donors (Lipinski definition) is 0. The molecule has 0 atom stereocenters. The third kappa shape index (κ3) is 1.49. The van der Waals surface area contributed by atoms with Gasteiger partial charge in [0.2, 0.25) is 0 Å². The second-order valence-corrected chi connectivity index (χ2v) is 2.61. The Hall–Kier alpha value is -1.52. The first-order valence-corrected chi connectivity index (χ1v) is 4.13. The SMILES string of the molecule is CCN1C(=O)C(=O)C=[N+](CC)C1=O. The van der Waals surface area contributed by atoms with Crippen molar-refractivity contribution in [2.45, 2.75) is 13.8 Å². The van der Waals surface area contributed by atoms with E-state index in [-0.39, 0.29) is 6.54 Å². The van der Waals surface area contributed by atoms with Crippen LogP contribution in [0, 0.1) is 0 Å². The van der Waals surface area contributed by atoms with Crippen molar-refractivity contribution >= 4 is 23.9 Å². The van der Waals surface area contributed by atoms with Gasteiger partial charge in [-0.2, -0.15) is 14.3 Å². The quantitative estimate of drug-likeness (QED) is 0.434. The molecule has 1 aliphatic heterocycles. The van der Waals surface area contributed by atoms with Gasteiger partial charge in [0.05, 0.1) is 13.1 Å². The van der Waals surface area contributed by atoms with E-state index < -0.39 is 17.7 Å². The van der Waals surface area contributed by atoms with Crippen molar-refractivity contribution in [1.29, 1.82) is 0 Å². The maximum Gasteiger partial charge on any atom is 0.501 e. The molecule has 0 saturated heterocycles. The molecule has 0 unspecified atom stereocenters. The van der Waals surface area contributed by atoms with E-state index in [1.807, 2.05) is 0 Å². The Morgan fingerprint density at radius 3 is 2.38 bits per heavy atom. The lowest BCUT2D eigenvalue weighted by atomic mass is 10.3. The summed E-state index contributed by atoms with van der Waals surface area (Å²) in [5, 5.41) is 0. The van der Waals surface area contributed by atoms with Crippen LogP contribution in [0.25, 0.3) is 0 Å². The van der Waals surface area contributed by atoms with Gasteiger partial charge < -0.3 is 0 Å². The lowest BCUT2D eigenvalue weighted by Gasteiger charge is -2.14. The lowest BCUT2D eigenvalue weighted by Crippen LogP contribution is -2.51. The summed E-state index contributed by atoms with van der Waals surface area (Å²) in [7, 11) is 0. The minimum absolute atomic E-state index is 0.230. The third-order valence-electron chi connectivity index (χ3n) is 1.86. The van der Waals surface area contributed by atoms with Gasteiger partial charge in [-0.1, -0.05) is 0 Å². The van der Waals surface area contributed by atoms with Gasteiger partial charge in [-0.15, -0.1) is 0 Å². The minimum Gasteiger partial charge on any atom is -0.277 e. The highest BCUT2D eigenvalue weighted by molar-refractivity contribution is 6.59. The number of rotatable bonds is 2. The van der Waals surface area contributed by atoms with E-state index in [2.05, 4.69) is 0 Å². The van der Waals surface area contributed by atoms with Crippen molar-refractivity contribution in [1.82, 2.24) is 4.90 Å². The largest absolute Gasteiger partial charge is 0.501 e. The molecule has 13 heavy (non-hydrogen) atoms. The summed E-state index contributed by atoms with van der Waals surface area (Å²) in [4.78, 5) is 34.5. The van der Waals surface area contributed by atoms with E-state index in [1.165, 1.54) is 4.58 Å². The van der Waals surface area contributed by atoms with Gasteiger partial charge in [-0.05, 0) is 13.8 Å². The Morgan fingerprint density at radius 1 is 1.31 bits per heavy atom. The zero-order chi connectivity index (χ0) is 10.0. The van der Waals surface area contributed by atoms with Crippen LogP contribution in [-0.4, -0.2) is 46.5 Å². The number of Topliss-reactive ketones (excluding diaryl/α,β-unsaturated/α-hetero) is 1. The van der Waals surface area contributed by atoms with Gasteiger partial charge in [0, 0.05) is 0 Å². The highest BCUT2D eigenvalue weighted by Crippen LogP contribution is 2.00. The van der Waals surface area contributed by atoms with E-state index in [0.717, 1.165) is 11.1 Å². The Bertz CT molecular complexity index is 307. The van der Waals surface area contributed by atoms with Gasteiger partial charge in [0.15, 0.2) is 0 Å². The number of urea groups is 1. The molecule has 0 spiro atoms. The Labute approximate surface area is 75.6 Å². The highest BCUT2D eigenvalue weighted by atomic mass is 16.2. The summed E-state index contributed by atoms with van der Waals surface area (Å²) in [6.07, 6.45) is 1.05. The molecule has 0 aliphatic carbocycles. The predicted octanol–water partition coefficient (Wildman–Crippen LogP) is -0.359. The molecule has 3 amide bonds. The maximum absolute atomic E-state index is 11.4. The molecule has 1 heterocycles. The normalized spacial score (nSPS) is 17.8. The van der Waals surface area contributed by atoms with Crippen LogP contribution in [-0.2, 0) is 9.59 Å². The summed E-state index contributed by atoms with van der Waals surface area (Å²) in [6, 6.07) is -0.422. The molecule has 5 nitrogen and oxygen atoms in total. The average molecular weight is 183 g/mol. The molecule has 0 aromatic carbocycles. The number of likely N-dealkylation sites (N-methyl/N-ethyl adjacent to an activating group) is 1. The van der Waals surface area contributed by atoms with Crippen LogP contribution in [0.5, 0.6) is 0 Å². The second kappa shape index (κ2) is 3.47. The minimum atomic E-state index is -0.739.